The SMILES string of the molecule is CC(=NNc1nncc2ccccc12)c1ccc[cH-]1.[Fe+2].c1cc[cH-]c1. The first kappa shape index (κ1) is 18.6. The van der Waals surface area contributed by atoms with E-state index in [9.17, 15) is 0 Å². The molecule has 1 aromatic heterocycles. The van der Waals surface area contributed by atoms with E-state index in [-0.39, 0.29) is 17.1 Å². The zero-order valence-electron chi connectivity index (χ0n) is 13.8. The van der Waals surface area contributed by atoms with Gasteiger partial charge in [-0.1, -0.05) is 31.2 Å². The summed E-state index contributed by atoms with van der Waals surface area (Å²) in [5.74, 6) is 0.670. The second kappa shape index (κ2) is 9.52. The van der Waals surface area contributed by atoms with Crippen molar-refractivity contribution < 1.29 is 17.1 Å². The molecule has 0 aliphatic rings. The Labute approximate surface area is 157 Å². The summed E-state index contributed by atoms with van der Waals surface area (Å²) in [5.41, 5.74) is 5.00. The van der Waals surface area contributed by atoms with Crippen LogP contribution in [0.3, 0.4) is 0 Å². The third-order valence-corrected chi connectivity index (χ3v) is 3.54. The Bertz CT molecular complexity index is 874. The van der Waals surface area contributed by atoms with E-state index in [2.05, 4.69) is 20.7 Å². The second-order valence-electron chi connectivity index (χ2n) is 5.23. The van der Waals surface area contributed by atoms with Gasteiger partial charge in [-0.2, -0.15) is 41.5 Å². The van der Waals surface area contributed by atoms with Crippen LogP contribution in [0, 0.1) is 0 Å². The van der Waals surface area contributed by atoms with E-state index >= 15 is 0 Å². The van der Waals surface area contributed by atoms with Crippen LogP contribution < -0.4 is 5.43 Å². The molecule has 3 aromatic carbocycles. The number of hydrogen-bond acceptors (Lipinski definition) is 4. The number of fused-ring (bicyclic) bond motifs is 1. The summed E-state index contributed by atoms with van der Waals surface area (Å²) in [7, 11) is 0. The van der Waals surface area contributed by atoms with Crippen molar-refractivity contribution in [2.24, 2.45) is 5.10 Å². The van der Waals surface area contributed by atoms with E-state index in [1.165, 1.54) is 0 Å². The molecule has 0 saturated carbocycles. The molecule has 0 bridgehead atoms. The summed E-state index contributed by atoms with van der Waals surface area (Å²) < 4.78 is 0. The monoisotopic (exact) mass is 370 g/mol. The van der Waals surface area contributed by atoms with E-state index in [0.29, 0.717) is 5.82 Å². The minimum absolute atomic E-state index is 0. The first-order valence-electron chi connectivity index (χ1n) is 7.74. The fraction of sp³-hybridized carbons (Fsp3) is 0.0500. The normalized spacial score (nSPS) is 10.5. The molecule has 0 saturated heterocycles. The molecule has 5 heteroatoms. The second-order valence-corrected chi connectivity index (χ2v) is 5.23. The van der Waals surface area contributed by atoms with Crippen LogP contribution in [-0.2, 0) is 17.1 Å². The van der Waals surface area contributed by atoms with Crippen molar-refractivity contribution in [2.75, 3.05) is 5.43 Å². The van der Waals surface area contributed by atoms with E-state index in [0.717, 1.165) is 22.0 Å². The Morgan fingerprint density at radius 2 is 1.80 bits per heavy atom. The molecule has 4 rings (SSSR count). The molecule has 1 heterocycles. The average molecular weight is 370 g/mol. The standard InChI is InChI=1S/C15H13N4.C5H5.Fe/c1-11(12-6-2-3-7-12)17-19-15-14-9-5-4-8-13(14)10-16-18-15;1-2-4-5-3-1;/h2-10H,1H3,(H,18,19);1-5H;/q2*-1;+2. The van der Waals surface area contributed by atoms with Gasteiger partial charge in [0.05, 0.1) is 6.20 Å². The van der Waals surface area contributed by atoms with E-state index < -0.39 is 0 Å². The number of aromatic nitrogens is 2. The van der Waals surface area contributed by atoms with Crippen molar-refractivity contribution >= 4 is 22.3 Å². The Morgan fingerprint density at radius 1 is 1.00 bits per heavy atom. The molecule has 4 nitrogen and oxygen atoms in total. The molecule has 25 heavy (non-hydrogen) atoms. The fourth-order valence-electron chi connectivity index (χ4n) is 2.25. The van der Waals surface area contributed by atoms with Crippen molar-refractivity contribution in [3.05, 3.63) is 90.6 Å². The molecule has 0 aliphatic carbocycles. The van der Waals surface area contributed by atoms with Gasteiger partial charge >= 0.3 is 17.1 Å². The van der Waals surface area contributed by atoms with Crippen molar-refractivity contribution in [3.63, 3.8) is 0 Å². The van der Waals surface area contributed by atoms with Crippen molar-refractivity contribution in [1.29, 1.82) is 0 Å². The molecule has 0 unspecified atom stereocenters. The maximum atomic E-state index is 4.35. The summed E-state index contributed by atoms with van der Waals surface area (Å²) in [6.07, 6.45) is 1.74. The smallest absolute Gasteiger partial charge is 0.268 e. The summed E-state index contributed by atoms with van der Waals surface area (Å²) in [4.78, 5) is 0. The largest absolute Gasteiger partial charge is 2.00 e. The van der Waals surface area contributed by atoms with Crippen LogP contribution >= 0.6 is 0 Å². The maximum absolute atomic E-state index is 4.35. The molecule has 1 N–H and O–H groups in total. The van der Waals surface area contributed by atoms with Gasteiger partial charge in [0, 0.05) is 10.8 Å². The summed E-state index contributed by atoms with van der Waals surface area (Å²) in [5, 5.41) is 14.5. The van der Waals surface area contributed by atoms with Crippen molar-refractivity contribution in [1.82, 2.24) is 10.2 Å². The minimum Gasteiger partial charge on any atom is -0.268 e. The van der Waals surface area contributed by atoms with Crippen molar-refractivity contribution in [3.8, 4) is 0 Å². The van der Waals surface area contributed by atoms with Crippen LogP contribution in [0.15, 0.2) is 90.2 Å². The molecule has 0 amide bonds. The van der Waals surface area contributed by atoms with Gasteiger partial charge < -0.3 is 0 Å². The Balaban J connectivity index is 0.000000325. The zero-order chi connectivity index (χ0) is 16.6. The molecule has 126 valence electrons. The van der Waals surface area contributed by atoms with Crippen LogP contribution in [0.4, 0.5) is 5.82 Å². The van der Waals surface area contributed by atoms with Crippen LogP contribution in [0.25, 0.3) is 10.8 Å². The number of hydrazone groups is 1. The number of hydrogen-bond donors (Lipinski definition) is 1. The third kappa shape index (κ3) is 5.11. The van der Waals surface area contributed by atoms with Crippen molar-refractivity contribution in [2.45, 2.75) is 6.92 Å². The van der Waals surface area contributed by atoms with E-state index in [4.69, 9.17) is 0 Å². The molecule has 0 radical (unpaired) electrons. The number of benzene rings is 1. The van der Waals surface area contributed by atoms with E-state index in [1.807, 2.05) is 85.8 Å². The van der Waals surface area contributed by atoms with Gasteiger partial charge in [0.2, 0.25) is 0 Å². The average Bonchev–Trinajstić information content (AvgIpc) is 3.36. The quantitative estimate of drug-likeness (QED) is 0.248. The number of anilines is 1. The number of nitrogens with one attached hydrogen (secondary N) is 1. The molecular formula is C20H18FeN4. The molecule has 0 atom stereocenters. The van der Waals surface area contributed by atoms with Gasteiger partial charge in [0.1, 0.15) is 0 Å². The molecule has 0 fully saturated rings. The van der Waals surface area contributed by atoms with Gasteiger partial charge in [-0.15, -0.1) is 16.7 Å². The molecular weight excluding hydrogens is 352 g/mol. The predicted octanol–water partition coefficient (Wildman–Crippen LogP) is 4.59. The third-order valence-electron chi connectivity index (χ3n) is 3.54. The summed E-state index contributed by atoms with van der Waals surface area (Å²) in [6.45, 7) is 1.96. The van der Waals surface area contributed by atoms with Crippen LogP contribution in [-0.4, -0.2) is 15.9 Å². The first-order valence-corrected chi connectivity index (χ1v) is 7.74. The molecule has 0 spiro atoms. The molecule has 4 aromatic rings. The van der Waals surface area contributed by atoms with Gasteiger partial charge in [-0.25, -0.2) is 17.2 Å². The van der Waals surface area contributed by atoms with Gasteiger partial charge in [-0.3, -0.25) is 5.43 Å². The predicted molar refractivity (Wildman–Crippen MR) is 99.4 cm³/mol. The van der Waals surface area contributed by atoms with Gasteiger partial charge in [0.15, 0.2) is 5.82 Å². The van der Waals surface area contributed by atoms with Gasteiger partial charge in [0.25, 0.3) is 0 Å². The number of nitrogens with zero attached hydrogens (tertiary/aromatic N) is 3. The Kier molecular flexibility index (Phi) is 7.08. The van der Waals surface area contributed by atoms with Crippen LogP contribution in [0.2, 0.25) is 0 Å². The van der Waals surface area contributed by atoms with Crippen LogP contribution in [0.5, 0.6) is 0 Å². The topological polar surface area (TPSA) is 50.2 Å². The van der Waals surface area contributed by atoms with Crippen LogP contribution in [0.1, 0.15) is 12.5 Å². The number of rotatable bonds is 3. The fourth-order valence-corrected chi connectivity index (χ4v) is 2.25. The zero-order valence-corrected chi connectivity index (χ0v) is 14.9. The minimum atomic E-state index is 0. The Morgan fingerprint density at radius 3 is 2.48 bits per heavy atom. The summed E-state index contributed by atoms with van der Waals surface area (Å²) in [6, 6.07) is 26.0. The maximum Gasteiger partial charge on any atom is 2.00 e. The summed E-state index contributed by atoms with van der Waals surface area (Å²) >= 11 is 0. The molecule has 0 aliphatic heterocycles. The first-order chi connectivity index (χ1) is 11.8. The van der Waals surface area contributed by atoms with E-state index in [1.54, 1.807) is 6.20 Å². The van der Waals surface area contributed by atoms with Gasteiger partial charge in [-0.05, 0) is 5.71 Å². The Hall–Kier alpha value is -2.75.